The summed E-state index contributed by atoms with van der Waals surface area (Å²) in [6.45, 7) is 1.90. The van der Waals surface area contributed by atoms with E-state index in [2.05, 4.69) is 10.3 Å². The van der Waals surface area contributed by atoms with Crippen LogP contribution >= 0.6 is 0 Å². The third-order valence-electron chi connectivity index (χ3n) is 3.46. The molecule has 0 spiro atoms. The number of anilines is 1. The van der Waals surface area contributed by atoms with Crippen molar-refractivity contribution in [2.75, 3.05) is 12.4 Å². The summed E-state index contributed by atoms with van der Waals surface area (Å²) in [5.41, 5.74) is 1.52. The molecule has 0 bridgehead atoms. The predicted octanol–water partition coefficient (Wildman–Crippen LogP) is 2.26. The maximum atomic E-state index is 12.4. The molecule has 0 radical (unpaired) electrons. The molecule has 1 amide bonds. The Morgan fingerprint density at radius 3 is 2.87 bits per heavy atom. The van der Waals surface area contributed by atoms with Gasteiger partial charge in [-0.3, -0.25) is 14.0 Å². The van der Waals surface area contributed by atoms with E-state index in [9.17, 15) is 9.59 Å². The zero-order valence-electron chi connectivity index (χ0n) is 12.7. The van der Waals surface area contributed by atoms with E-state index in [1.807, 2.05) is 13.0 Å². The van der Waals surface area contributed by atoms with Gasteiger partial charge in [0, 0.05) is 12.4 Å². The number of pyridine rings is 1. The predicted molar refractivity (Wildman–Crippen MR) is 87.1 cm³/mol. The van der Waals surface area contributed by atoms with Gasteiger partial charge in [-0.1, -0.05) is 12.1 Å². The lowest BCUT2D eigenvalue weighted by atomic mass is 10.2. The van der Waals surface area contributed by atoms with E-state index >= 15 is 0 Å². The molecule has 0 saturated heterocycles. The summed E-state index contributed by atoms with van der Waals surface area (Å²) in [5.74, 6) is 0.00227. The van der Waals surface area contributed by atoms with Gasteiger partial charge >= 0.3 is 0 Å². The Labute approximate surface area is 132 Å². The Balaban J connectivity index is 2.00. The van der Waals surface area contributed by atoms with E-state index in [-0.39, 0.29) is 5.56 Å². The molecule has 0 fully saturated rings. The van der Waals surface area contributed by atoms with Crippen LogP contribution < -0.4 is 15.6 Å². The fourth-order valence-corrected chi connectivity index (χ4v) is 2.29. The molecule has 2 heterocycles. The highest BCUT2D eigenvalue weighted by molar-refractivity contribution is 6.04. The van der Waals surface area contributed by atoms with E-state index in [4.69, 9.17) is 4.74 Å². The number of carbonyl (C=O) groups excluding carboxylic acids is 1. The quantitative estimate of drug-likeness (QED) is 0.805. The number of aryl methyl sites for hydroxylation is 1. The lowest BCUT2D eigenvalue weighted by Gasteiger charge is -2.11. The Morgan fingerprint density at radius 1 is 1.26 bits per heavy atom. The van der Waals surface area contributed by atoms with Crippen LogP contribution in [0.3, 0.4) is 0 Å². The second-order valence-electron chi connectivity index (χ2n) is 5.06. The molecule has 0 aliphatic carbocycles. The number of methoxy groups -OCH3 is 1. The van der Waals surface area contributed by atoms with Crippen LogP contribution in [0.2, 0.25) is 0 Å². The minimum atomic E-state index is -0.523. The first-order chi connectivity index (χ1) is 11.1. The summed E-state index contributed by atoms with van der Waals surface area (Å²) in [7, 11) is 1.52. The third-order valence-corrected chi connectivity index (χ3v) is 3.46. The molecule has 0 aliphatic heterocycles. The van der Waals surface area contributed by atoms with Crippen LogP contribution in [0.5, 0.6) is 5.75 Å². The Bertz CT molecular complexity index is 947. The minimum Gasteiger partial charge on any atom is -0.495 e. The number of nitrogens with one attached hydrogen (secondary N) is 1. The maximum Gasteiger partial charge on any atom is 0.270 e. The van der Waals surface area contributed by atoms with Gasteiger partial charge in [-0.2, -0.15) is 0 Å². The summed E-state index contributed by atoms with van der Waals surface area (Å²) in [6.07, 6.45) is 2.87. The number of nitrogens with zero attached hydrogens (tertiary/aromatic N) is 2. The van der Waals surface area contributed by atoms with Crippen LogP contribution in [0.15, 0.2) is 53.6 Å². The van der Waals surface area contributed by atoms with E-state index in [1.165, 1.54) is 17.7 Å². The Hall–Kier alpha value is -3.15. The zero-order chi connectivity index (χ0) is 16.4. The van der Waals surface area contributed by atoms with Crippen LogP contribution in [0, 0.1) is 6.92 Å². The molecule has 0 unspecified atom stereocenters. The van der Waals surface area contributed by atoms with Crippen molar-refractivity contribution in [2.45, 2.75) is 6.92 Å². The fourth-order valence-electron chi connectivity index (χ4n) is 2.29. The van der Waals surface area contributed by atoms with Crippen molar-refractivity contribution in [1.29, 1.82) is 0 Å². The first kappa shape index (κ1) is 14.8. The molecular formula is C17H15N3O3. The molecule has 3 aromatic rings. The van der Waals surface area contributed by atoms with Gasteiger partial charge < -0.3 is 10.1 Å². The topological polar surface area (TPSA) is 72.7 Å². The summed E-state index contributed by atoms with van der Waals surface area (Å²) in [6, 6.07) is 10.6. The Morgan fingerprint density at radius 2 is 2.09 bits per heavy atom. The minimum absolute atomic E-state index is 0.0303. The second-order valence-corrected chi connectivity index (χ2v) is 5.06. The van der Waals surface area contributed by atoms with Gasteiger partial charge in [0.25, 0.3) is 11.5 Å². The van der Waals surface area contributed by atoms with E-state index in [1.54, 1.807) is 36.5 Å². The van der Waals surface area contributed by atoms with Gasteiger partial charge in [0.15, 0.2) is 0 Å². The van der Waals surface area contributed by atoms with Gasteiger partial charge in [-0.15, -0.1) is 0 Å². The summed E-state index contributed by atoms with van der Waals surface area (Å²) >= 11 is 0. The summed E-state index contributed by atoms with van der Waals surface area (Å²) in [4.78, 5) is 29.0. The molecule has 2 aromatic heterocycles. The Kier molecular flexibility index (Phi) is 3.80. The highest BCUT2D eigenvalue weighted by Gasteiger charge is 2.15. The third kappa shape index (κ3) is 2.78. The number of rotatable bonds is 3. The first-order valence-electron chi connectivity index (χ1n) is 7.02. The first-order valence-corrected chi connectivity index (χ1v) is 7.02. The lowest BCUT2D eigenvalue weighted by molar-refractivity contribution is 0.102. The number of hydrogen-bond donors (Lipinski definition) is 1. The van der Waals surface area contributed by atoms with E-state index in [0.29, 0.717) is 17.1 Å². The van der Waals surface area contributed by atoms with E-state index < -0.39 is 11.5 Å². The van der Waals surface area contributed by atoms with Gasteiger partial charge in [-0.05, 0) is 36.8 Å². The average Bonchev–Trinajstić information content (AvgIpc) is 2.55. The zero-order valence-corrected chi connectivity index (χ0v) is 12.7. The van der Waals surface area contributed by atoms with E-state index in [0.717, 1.165) is 5.56 Å². The highest BCUT2D eigenvalue weighted by atomic mass is 16.5. The van der Waals surface area contributed by atoms with Crippen LogP contribution in [0.25, 0.3) is 5.65 Å². The van der Waals surface area contributed by atoms with Crippen molar-refractivity contribution >= 4 is 17.2 Å². The van der Waals surface area contributed by atoms with Crippen LogP contribution in [0.1, 0.15) is 15.9 Å². The van der Waals surface area contributed by atoms with Gasteiger partial charge in [0.2, 0.25) is 0 Å². The van der Waals surface area contributed by atoms with Crippen molar-refractivity contribution in [3.05, 3.63) is 70.3 Å². The highest BCUT2D eigenvalue weighted by Crippen LogP contribution is 2.25. The molecule has 0 atom stereocenters. The second kappa shape index (κ2) is 5.92. The molecule has 116 valence electrons. The SMILES string of the molecule is COc1ccc(C)cc1NC(=O)c1cnc2ccccn2c1=O. The van der Waals surface area contributed by atoms with Crippen molar-refractivity contribution < 1.29 is 9.53 Å². The molecule has 6 nitrogen and oxygen atoms in total. The number of aromatic nitrogens is 2. The average molecular weight is 309 g/mol. The number of hydrogen-bond acceptors (Lipinski definition) is 4. The van der Waals surface area contributed by atoms with Crippen LogP contribution in [0.4, 0.5) is 5.69 Å². The molecule has 1 N–H and O–H groups in total. The van der Waals surface area contributed by atoms with Crippen LogP contribution in [-0.4, -0.2) is 22.4 Å². The van der Waals surface area contributed by atoms with Gasteiger partial charge in [0.1, 0.15) is 17.0 Å². The standard InChI is InChI=1S/C17H15N3O3/c1-11-6-7-14(23-2)13(9-11)19-16(21)12-10-18-15-5-3-4-8-20(15)17(12)22/h3-10H,1-2H3,(H,19,21). The molecule has 0 aliphatic rings. The molecule has 0 saturated carbocycles. The largest absolute Gasteiger partial charge is 0.495 e. The number of ether oxygens (including phenoxy) is 1. The number of amides is 1. The summed E-state index contributed by atoms with van der Waals surface area (Å²) < 4.78 is 6.56. The molecule has 3 rings (SSSR count). The van der Waals surface area contributed by atoms with Crippen molar-refractivity contribution in [3.63, 3.8) is 0 Å². The molecule has 1 aromatic carbocycles. The van der Waals surface area contributed by atoms with Crippen molar-refractivity contribution in [1.82, 2.24) is 9.38 Å². The monoisotopic (exact) mass is 309 g/mol. The number of carbonyl (C=O) groups is 1. The van der Waals surface area contributed by atoms with Crippen LogP contribution in [-0.2, 0) is 0 Å². The molecular weight excluding hydrogens is 294 g/mol. The normalized spacial score (nSPS) is 10.5. The smallest absolute Gasteiger partial charge is 0.270 e. The number of fused-ring (bicyclic) bond motifs is 1. The van der Waals surface area contributed by atoms with Gasteiger partial charge in [-0.25, -0.2) is 4.98 Å². The lowest BCUT2D eigenvalue weighted by Crippen LogP contribution is -2.26. The number of benzene rings is 1. The fraction of sp³-hybridized carbons (Fsp3) is 0.118. The van der Waals surface area contributed by atoms with Crippen molar-refractivity contribution in [3.8, 4) is 5.75 Å². The van der Waals surface area contributed by atoms with Gasteiger partial charge in [0.05, 0.1) is 12.8 Å². The molecule has 23 heavy (non-hydrogen) atoms. The molecule has 6 heteroatoms. The maximum absolute atomic E-state index is 12.4. The van der Waals surface area contributed by atoms with Crippen molar-refractivity contribution in [2.24, 2.45) is 0 Å². The summed E-state index contributed by atoms with van der Waals surface area (Å²) in [5, 5.41) is 2.71.